The van der Waals surface area contributed by atoms with Crippen molar-refractivity contribution in [2.75, 3.05) is 7.11 Å². The predicted molar refractivity (Wildman–Crippen MR) is 76.2 cm³/mol. The van der Waals surface area contributed by atoms with Crippen LogP contribution in [-0.2, 0) is 16.0 Å². The second-order valence-corrected chi connectivity index (χ2v) is 4.73. The number of rotatable bonds is 5. The van der Waals surface area contributed by atoms with Crippen LogP contribution in [0.1, 0.15) is 22.5 Å². The Balaban J connectivity index is 2.14. The molecule has 0 aromatic carbocycles. The number of ether oxygens (including phenoxy) is 1. The summed E-state index contributed by atoms with van der Waals surface area (Å²) in [5, 5.41) is 9.39. The lowest BCUT2D eigenvalue weighted by molar-refractivity contribution is -0.139. The Labute approximate surface area is 126 Å². The number of aliphatic hydroxyl groups is 1. The van der Waals surface area contributed by atoms with Crippen LogP contribution < -0.4 is 0 Å². The van der Waals surface area contributed by atoms with Crippen molar-refractivity contribution in [1.82, 2.24) is 0 Å². The van der Waals surface area contributed by atoms with Gasteiger partial charge in [0.05, 0.1) is 13.4 Å². The SMILES string of the molecule is COC(=O)/C(O)=C/C(=O)c1occc1CC1=CCC(F)C=C1. The van der Waals surface area contributed by atoms with Gasteiger partial charge in [0, 0.05) is 24.5 Å². The molecule has 1 aliphatic rings. The Kier molecular flexibility index (Phi) is 4.93. The zero-order valence-corrected chi connectivity index (χ0v) is 11.9. The maximum absolute atomic E-state index is 13.0. The minimum absolute atomic E-state index is 0.0205. The predicted octanol–water partition coefficient (Wildman–Crippen LogP) is 2.84. The van der Waals surface area contributed by atoms with E-state index in [1.165, 1.54) is 12.3 Å². The number of halogens is 1. The fourth-order valence-corrected chi connectivity index (χ4v) is 2.03. The number of ketones is 1. The summed E-state index contributed by atoms with van der Waals surface area (Å²) in [4.78, 5) is 23.1. The maximum atomic E-state index is 13.0. The number of aliphatic hydroxyl groups excluding tert-OH is 1. The summed E-state index contributed by atoms with van der Waals surface area (Å²) < 4.78 is 22.4. The Morgan fingerprint density at radius 1 is 1.55 bits per heavy atom. The maximum Gasteiger partial charge on any atom is 0.373 e. The van der Waals surface area contributed by atoms with Crippen molar-refractivity contribution in [1.29, 1.82) is 0 Å². The lowest BCUT2D eigenvalue weighted by atomic mass is 9.98. The van der Waals surface area contributed by atoms with Gasteiger partial charge >= 0.3 is 5.97 Å². The molecule has 0 saturated carbocycles. The molecule has 0 saturated heterocycles. The molecule has 5 nitrogen and oxygen atoms in total. The summed E-state index contributed by atoms with van der Waals surface area (Å²) in [5.74, 6) is -2.43. The van der Waals surface area contributed by atoms with Crippen LogP contribution in [0.25, 0.3) is 0 Å². The summed E-state index contributed by atoms with van der Waals surface area (Å²) in [5.41, 5.74) is 1.46. The number of furan rings is 1. The lowest BCUT2D eigenvalue weighted by Gasteiger charge is -2.09. The highest BCUT2D eigenvalue weighted by Crippen LogP contribution is 2.21. The molecule has 6 heteroatoms. The van der Waals surface area contributed by atoms with Crippen molar-refractivity contribution >= 4 is 11.8 Å². The monoisotopic (exact) mass is 306 g/mol. The van der Waals surface area contributed by atoms with Gasteiger partial charge in [0.2, 0.25) is 11.5 Å². The Morgan fingerprint density at radius 2 is 2.32 bits per heavy atom. The summed E-state index contributed by atoms with van der Waals surface area (Å²) in [6, 6.07) is 1.62. The van der Waals surface area contributed by atoms with Crippen LogP contribution in [0, 0.1) is 0 Å². The van der Waals surface area contributed by atoms with Crippen molar-refractivity contribution in [3.05, 3.63) is 59.3 Å². The highest BCUT2D eigenvalue weighted by Gasteiger charge is 2.18. The van der Waals surface area contributed by atoms with E-state index < -0.39 is 23.7 Å². The number of esters is 1. The highest BCUT2D eigenvalue weighted by molar-refractivity contribution is 6.07. The lowest BCUT2D eigenvalue weighted by Crippen LogP contribution is -2.08. The van der Waals surface area contributed by atoms with Crippen molar-refractivity contribution in [3.63, 3.8) is 0 Å². The Hall–Kier alpha value is -2.63. The summed E-state index contributed by atoms with van der Waals surface area (Å²) in [7, 11) is 1.09. The van der Waals surface area contributed by atoms with Gasteiger partial charge in [0.15, 0.2) is 5.76 Å². The fourth-order valence-electron chi connectivity index (χ4n) is 2.03. The van der Waals surface area contributed by atoms with Crippen LogP contribution in [0.3, 0.4) is 0 Å². The molecule has 2 rings (SSSR count). The number of carbonyl (C=O) groups is 2. The van der Waals surface area contributed by atoms with E-state index in [0.717, 1.165) is 18.8 Å². The summed E-state index contributed by atoms with van der Waals surface area (Å²) in [6.07, 6.45) is 6.69. The number of carbonyl (C=O) groups excluding carboxylic acids is 2. The quantitative estimate of drug-likeness (QED) is 0.392. The van der Waals surface area contributed by atoms with Crippen molar-refractivity contribution in [2.24, 2.45) is 0 Å². The summed E-state index contributed by atoms with van der Waals surface area (Å²) in [6.45, 7) is 0. The van der Waals surface area contributed by atoms with Gasteiger partial charge in [-0.1, -0.05) is 18.2 Å². The first-order chi connectivity index (χ1) is 10.5. The molecule has 22 heavy (non-hydrogen) atoms. The first-order valence-corrected chi connectivity index (χ1v) is 6.62. The van der Waals surface area contributed by atoms with Gasteiger partial charge < -0.3 is 14.3 Å². The first-order valence-electron chi connectivity index (χ1n) is 6.62. The van der Waals surface area contributed by atoms with E-state index in [2.05, 4.69) is 4.74 Å². The molecule has 0 spiro atoms. The fraction of sp³-hybridized carbons (Fsp3) is 0.250. The van der Waals surface area contributed by atoms with E-state index in [0.29, 0.717) is 18.4 Å². The number of alkyl halides is 1. The average Bonchev–Trinajstić information content (AvgIpc) is 2.96. The van der Waals surface area contributed by atoms with Crippen molar-refractivity contribution < 1.29 is 28.2 Å². The van der Waals surface area contributed by atoms with Gasteiger partial charge in [0.25, 0.3) is 0 Å². The zero-order chi connectivity index (χ0) is 16.1. The number of methoxy groups -OCH3 is 1. The van der Waals surface area contributed by atoms with Gasteiger partial charge in [-0.3, -0.25) is 4.79 Å². The van der Waals surface area contributed by atoms with Crippen LogP contribution >= 0.6 is 0 Å². The van der Waals surface area contributed by atoms with Gasteiger partial charge in [0.1, 0.15) is 6.17 Å². The van der Waals surface area contributed by atoms with Crippen LogP contribution in [0.2, 0.25) is 0 Å². The minimum atomic E-state index is -1.01. The highest BCUT2D eigenvalue weighted by atomic mass is 19.1. The third-order valence-electron chi connectivity index (χ3n) is 3.15. The smallest absolute Gasteiger partial charge is 0.373 e. The minimum Gasteiger partial charge on any atom is -0.502 e. The first kappa shape index (κ1) is 15.8. The normalized spacial score (nSPS) is 18.0. The topological polar surface area (TPSA) is 76.7 Å². The molecular weight excluding hydrogens is 291 g/mol. The average molecular weight is 306 g/mol. The van der Waals surface area contributed by atoms with Gasteiger partial charge in [-0.25, -0.2) is 9.18 Å². The van der Waals surface area contributed by atoms with Crippen LogP contribution in [-0.4, -0.2) is 30.1 Å². The van der Waals surface area contributed by atoms with Crippen molar-refractivity contribution in [3.8, 4) is 0 Å². The largest absolute Gasteiger partial charge is 0.502 e. The van der Waals surface area contributed by atoms with Crippen LogP contribution in [0.4, 0.5) is 4.39 Å². The van der Waals surface area contributed by atoms with E-state index in [4.69, 9.17) is 4.42 Å². The van der Waals surface area contributed by atoms with Crippen molar-refractivity contribution in [2.45, 2.75) is 19.0 Å². The van der Waals surface area contributed by atoms with E-state index in [-0.39, 0.29) is 5.76 Å². The molecule has 1 aromatic rings. The Morgan fingerprint density at radius 3 is 2.95 bits per heavy atom. The second kappa shape index (κ2) is 6.89. The summed E-state index contributed by atoms with van der Waals surface area (Å²) >= 11 is 0. The molecule has 1 unspecified atom stereocenters. The molecule has 116 valence electrons. The number of hydrogen-bond donors (Lipinski definition) is 1. The van der Waals surface area contributed by atoms with E-state index >= 15 is 0 Å². The van der Waals surface area contributed by atoms with Gasteiger partial charge in [-0.05, 0) is 11.6 Å². The second-order valence-electron chi connectivity index (χ2n) is 4.73. The van der Waals surface area contributed by atoms with E-state index in [9.17, 15) is 19.1 Å². The van der Waals surface area contributed by atoms with E-state index in [1.807, 2.05) is 0 Å². The molecule has 1 heterocycles. The van der Waals surface area contributed by atoms with E-state index in [1.54, 1.807) is 18.2 Å². The molecule has 1 aliphatic carbocycles. The molecule has 0 radical (unpaired) electrons. The molecule has 0 fully saturated rings. The molecule has 0 amide bonds. The third kappa shape index (κ3) is 3.72. The zero-order valence-electron chi connectivity index (χ0n) is 11.9. The molecule has 1 aromatic heterocycles. The third-order valence-corrected chi connectivity index (χ3v) is 3.15. The Bertz CT molecular complexity index is 666. The van der Waals surface area contributed by atoms with Crippen LogP contribution in [0.5, 0.6) is 0 Å². The number of allylic oxidation sites excluding steroid dienone is 5. The standard InChI is InChI=1S/C16H15FO5/c1-21-16(20)14(19)9-13(18)15-11(6-7-22-15)8-10-2-4-12(17)5-3-10/h2-4,6-7,9,12,19H,5,8H2,1H3/b14-9-. The number of hydrogen-bond acceptors (Lipinski definition) is 5. The van der Waals surface area contributed by atoms with Gasteiger partial charge in [-0.15, -0.1) is 0 Å². The molecular formula is C16H15FO5. The molecule has 0 aliphatic heterocycles. The van der Waals surface area contributed by atoms with Gasteiger partial charge in [-0.2, -0.15) is 0 Å². The molecule has 1 N–H and O–H groups in total. The molecule has 0 bridgehead atoms. The van der Waals surface area contributed by atoms with Crippen LogP contribution in [0.15, 0.2) is 52.4 Å². The molecule has 1 atom stereocenters.